The Morgan fingerprint density at radius 2 is 0.833 bits per heavy atom. The molecule has 6 rings (SSSR count). The van der Waals surface area contributed by atoms with Gasteiger partial charge >= 0.3 is 0 Å². The zero-order chi connectivity index (χ0) is 24.5. The van der Waals surface area contributed by atoms with E-state index in [0.717, 1.165) is 54.2 Å². The maximum atomic E-state index is 9.58. The summed E-state index contributed by atoms with van der Waals surface area (Å²) in [7, 11) is 0. The first-order valence-electron chi connectivity index (χ1n) is 12.2. The first-order valence-corrected chi connectivity index (χ1v) is 12.2. The van der Waals surface area contributed by atoms with Crippen molar-refractivity contribution in [1.82, 2.24) is 0 Å². The van der Waals surface area contributed by atoms with Crippen LogP contribution in [0.15, 0.2) is 97.1 Å². The number of fused-ring (bicyclic) bond motifs is 6. The highest BCUT2D eigenvalue weighted by Crippen LogP contribution is 2.48. The van der Waals surface area contributed by atoms with Crippen LogP contribution in [-0.4, -0.2) is 36.6 Å². The summed E-state index contributed by atoms with van der Waals surface area (Å²) in [5, 5.41) is 28.0. The topological polar surface area (TPSA) is 58.9 Å². The highest BCUT2D eigenvalue weighted by Gasteiger charge is 2.22. The van der Waals surface area contributed by atoms with Crippen molar-refractivity contribution in [3.05, 3.63) is 97.1 Å². The quantitative estimate of drug-likeness (QED) is 0.253. The third-order valence-electron chi connectivity index (χ3n) is 6.69. The van der Waals surface area contributed by atoms with Crippen LogP contribution in [0.1, 0.15) is 0 Å². The van der Waals surface area contributed by atoms with Gasteiger partial charge in [-0.05, 0) is 44.5 Å². The first-order chi connectivity index (χ1) is 17.8. The molecule has 0 radical (unpaired) electrons. The van der Waals surface area contributed by atoms with Crippen LogP contribution in [-0.2, 0) is 0 Å². The normalized spacial score (nSPS) is 11.5. The van der Waals surface area contributed by atoms with Gasteiger partial charge in [0.05, 0.1) is 13.2 Å². The zero-order valence-corrected chi connectivity index (χ0v) is 19.8. The first kappa shape index (κ1) is 22.4. The molecule has 0 saturated heterocycles. The Bertz CT molecular complexity index is 1590. The Balaban J connectivity index is 1.84. The average molecular weight is 475 g/mol. The smallest absolute Gasteiger partial charge is 0.128 e. The third-order valence-corrected chi connectivity index (χ3v) is 6.69. The molecule has 0 spiro atoms. The molecular formula is C32H26O4. The fourth-order valence-corrected chi connectivity index (χ4v) is 5.20. The van der Waals surface area contributed by atoms with E-state index in [2.05, 4.69) is 72.8 Å². The van der Waals surface area contributed by atoms with Crippen molar-refractivity contribution in [3.8, 4) is 22.6 Å². The van der Waals surface area contributed by atoms with Crippen LogP contribution in [0.25, 0.3) is 54.2 Å². The fourth-order valence-electron chi connectivity index (χ4n) is 5.20. The predicted molar refractivity (Wildman–Crippen MR) is 147 cm³/mol. The van der Waals surface area contributed by atoms with E-state index in [0.29, 0.717) is 11.5 Å². The van der Waals surface area contributed by atoms with Gasteiger partial charge in [0.25, 0.3) is 0 Å². The SMILES string of the molecule is OCCOc1ccc2ccc3ccccc3c2c1-c1c(OCCO)ccc2ccc3ccccc3c12. The second-order valence-corrected chi connectivity index (χ2v) is 8.79. The minimum Gasteiger partial charge on any atom is -0.491 e. The van der Waals surface area contributed by atoms with Crippen molar-refractivity contribution < 1.29 is 19.7 Å². The summed E-state index contributed by atoms with van der Waals surface area (Å²) in [5.41, 5.74) is 1.85. The van der Waals surface area contributed by atoms with E-state index in [1.807, 2.05) is 24.3 Å². The zero-order valence-electron chi connectivity index (χ0n) is 19.8. The second kappa shape index (κ2) is 9.50. The van der Waals surface area contributed by atoms with E-state index < -0.39 is 0 Å². The molecule has 0 atom stereocenters. The summed E-state index contributed by atoms with van der Waals surface area (Å²) >= 11 is 0. The summed E-state index contributed by atoms with van der Waals surface area (Å²) in [5.74, 6) is 1.37. The largest absolute Gasteiger partial charge is 0.491 e. The maximum Gasteiger partial charge on any atom is 0.128 e. The van der Waals surface area contributed by atoms with Crippen LogP contribution in [0.3, 0.4) is 0 Å². The Kier molecular flexibility index (Phi) is 5.90. The van der Waals surface area contributed by atoms with E-state index in [1.165, 1.54) is 0 Å². The van der Waals surface area contributed by atoms with Crippen molar-refractivity contribution in [2.75, 3.05) is 26.4 Å². The number of ether oxygens (including phenoxy) is 2. The molecule has 0 aliphatic rings. The van der Waals surface area contributed by atoms with Crippen LogP contribution in [0.5, 0.6) is 11.5 Å². The molecule has 178 valence electrons. The monoisotopic (exact) mass is 474 g/mol. The lowest BCUT2D eigenvalue weighted by Crippen LogP contribution is -2.06. The summed E-state index contributed by atoms with van der Waals surface area (Å²) in [6.45, 7) is 0.196. The van der Waals surface area contributed by atoms with E-state index in [4.69, 9.17) is 9.47 Å². The van der Waals surface area contributed by atoms with Crippen molar-refractivity contribution in [2.24, 2.45) is 0 Å². The second-order valence-electron chi connectivity index (χ2n) is 8.79. The molecule has 6 aromatic rings. The number of aliphatic hydroxyl groups excluding tert-OH is 2. The molecule has 0 aliphatic carbocycles. The Labute approximate surface area is 208 Å². The molecule has 4 heteroatoms. The average Bonchev–Trinajstić information content (AvgIpc) is 2.94. The molecule has 0 saturated carbocycles. The number of benzene rings is 6. The van der Waals surface area contributed by atoms with E-state index in [1.54, 1.807) is 0 Å². The Morgan fingerprint density at radius 1 is 0.444 bits per heavy atom. The molecular weight excluding hydrogens is 448 g/mol. The highest BCUT2D eigenvalue weighted by molar-refractivity contribution is 6.23. The third kappa shape index (κ3) is 3.72. The minimum absolute atomic E-state index is 0.0840. The molecule has 2 N–H and O–H groups in total. The molecule has 0 bridgehead atoms. The molecule has 0 unspecified atom stereocenters. The minimum atomic E-state index is -0.0840. The summed E-state index contributed by atoms with van der Waals surface area (Å²) in [4.78, 5) is 0. The fraction of sp³-hybridized carbons (Fsp3) is 0.125. The van der Waals surface area contributed by atoms with Gasteiger partial charge in [-0.15, -0.1) is 0 Å². The molecule has 0 aliphatic heterocycles. The number of rotatable bonds is 7. The Hall–Kier alpha value is -4.12. The van der Waals surface area contributed by atoms with Crippen molar-refractivity contribution in [3.63, 3.8) is 0 Å². The predicted octanol–water partition coefficient (Wildman–Crippen LogP) is 6.71. The molecule has 4 nitrogen and oxygen atoms in total. The van der Waals surface area contributed by atoms with Crippen LogP contribution in [0.4, 0.5) is 0 Å². The van der Waals surface area contributed by atoms with Gasteiger partial charge in [0.2, 0.25) is 0 Å². The molecule has 0 heterocycles. The van der Waals surface area contributed by atoms with Gasteiger partial charge in [0.15, 0.2) is 0 Å². The number of hydrogen-bond acceptors (Lipinski definition) is 4. The van der Waals surface area contributed by atoms with Crippen LogP contribution >= 0.6 is 0 Å². The van der Waals surface area contributed by atoms with E-state index >= 15 is 0 Å². The lowest BCUT2D eigenvalue weighted by molar-refractivity contribution is 0.200. The van der Waals surface area contributed by atoms with E-state index in [-0.39, 0.29) is 26.4 Å². The van der Waals surface area contributed by atoms with Crippen molar-refractivity contribution in [2.45, 2.75) is 0 Å². The van der Waals surface area contributed by atoms with Gasteiger partial charge in [-0.25, -0.2) is 0 Å². The van der Waals surface area contributed by atoms with Crippen LogP contribution < -0.4 is 9.47 Å². The van der Waals surface area contributed by atoms with Gasteiger partial charge in [-0.3, -0.25) is 0 Å². The van der Waals surface area contributed by atoms with E-state index in [9.17, 15) is 10.2 Å². The van der Waals surface area contributed by atoms with Crippen molar-refractivity contribution in [1.29, 1.82) is 0 Å². The van der Waals surface area contributed by atoms with Gasteiger partial charge < -0.3 is 19.7 Å². The standard InChI is InChI=1S/C32H26O4/c33-17-19-35-27-15-13-23-11-9-21-5-1-3-7-25(21)29(23)31(27)32-28(36-20-18-34)16-14-24-12-10-22-6-2-4-8-26(22)30(24)32/h1-16,33-34H,17-20H2. The molecule has 6 aromatic carbocycles. The van der Waals surface area contributed by atoms with Crippen LogP contribution in [0.2, 0.25) is 0 Å². The molecule has 0 amide bonds. The lowest BCUT2D eigenvalue weighted by Gasteiger charge is -2.21. The van der Waals surface area contributed by atoms with Gasteiger partial charge in [0.1, 0.15) is 24.7 Å². The van der Waals surface area contributed by atoms with Gasteiger partial charge in [-0.1, -0.05) is 84.9 Å². The summed E-state index contributed by atoms with van der Waals surface area (Å²) in [6.07, 6.45) is 0. The van der Waals surface area contributed by atoms with Gasteiger partial charge in [0, 0.05) is 21.9 Å². The maximum absolute atomic E-state index is 9.58. The molecule has 0 fully saturated rings. The summed E-state index contributed by atoms with van der Waals surface area (Å²) < 4.78 is 12.3. The molecule has 36 heavy (non-hydrogen) atoms. The van der Waals surface area contributed by atoms with Gasteiger partial charge in [-0.2, -0.15) is 0 Å². The Morgan fingerprint density at radius 3 is 1.28 bits per heavy atom. The van der Waals surface area contributed by atoms with Crippen molar-refractivity contribution >= 4 is 43.1 Å². The number of hydrogen-bond donors (Lipinski definition) is 2. The number of aliphatic hydroxyl groups is 2. The van der Waals surface area contributed by atoms with Crippen LogP contribution in [0, 0.1) is 0 Å². The lowest BCUT2D eigenvalue weighted by atomic mass is 9.88. The summed E-state index contributed by atoms with van der Waals surface area (Å²) in [6, 6.07) is 33.3. The highest BCUT2D eigenvalue weighted by atomic mass is 16.5. The molecule has 0 aromatic heterocycles.